The van der Waals surface area contributed by atoms with Crippen LogP contribution in [0.3, 0.4) is 0 Å². The van der Waals surface area contributed by atoms with Gasteiger partial charge in [0.15, 0.2) is 5.13 Å². The zero-order chi connectivity index (χ0) is 20.1. The number of fused-ring (bicyclic) bond motifs is 4. The predicted octanol–water partition coefficient (Wildman–Crippen LogP) is 3.32. The summed E-state index contributed by atoms with van der Waals surface area (Å²) in [6.07, 6.45) is 1.89. The van der Waals surface area contributed by atoms with Crippen molar-refractivity contribution in [3.63, 3.8) is 0 Å². The number of aromatic nitrogens is 1. The molecule has 1 aromatic heterocycles. The van der Waals surface area contributed by atoms with Crippen molar-refractivity contribution in [2.24, 2.45) is 0 Å². The average Bonchev–Trinajstić information content (AvgIpc) is 3.23. The van der Waals surface area contributed by atoms with E-state index in [1.807, 2.05) is 12.1 Å². The summed E-state index contributed by atoms with van der Waals surface area (Å²) in [6, 6.07) is 13.2. The number of anilines is 1. The number of thiazole rings is 1. The molecule has 0 bridgehead atoms. The number of imide groups is 1. The Morgan fingerprint density at radius 2 is 1.86 bits per heavy atom. The molecule has 0 fully saturated rings. The van der Waals surface area contributed by atoms with Gasteiger partial charge >= 0.3 is 0 Å². The molecule has 1 aliphatic heterocycles. The summed E-state index contributed by atoms with van der Waals surface area (Å²) in [6.45, 7) is 0. The van der Waals surface area contributed by atoms with Crippen molar-refractivity contribution in [2.45, 2.75) is 19.3 Å². The average molecular weight is 403 g/mol. The molecule has 0 unspecified atom stereocenters. The molecule has 0 saturated carbocycles. The Morgan fingerprint density at radius 1 is 1.07 bits per heavy atom. The number of nitrogens with zero attached hydrogens (tertiary/aromatic N) is 2. The maximum absolute atomic E-state index is 12.7. The first-order chi connectivity index (χ1) is 14.0. The molecule has 7 heteroatoms. The summed E-state index contributed by atoms with van der Waals surface area (Å²) < 4.78 is 0. The molecule has 0 radical (unpaired) electrons. The second-order valence-electron chi connectivity index (χ2n) is 7.18. The minimum Gasteiger partial charge on any atom is -0.302 e. The largest absolute Gasteiger partial charge is 0.302 e. The number of benzene rings is 2. The molecular weight excluding hydrogens is 386 g/mol. The van der Waals surface area contributed by atoms with Gasteiger partial charge in [0.05, 0.1) is 23.2 Å². The van der Waals surface area contributed by atoms with Crippen LogP contribution in [0.2, 0.25) is 0 Å². The van der Waals surface area contributed by atoms with Gasteiger partial charge in [0.2, 0.25) is 5.91 Å². The summed E-state index contributed by atoms with van der Waals surface area (Å²) in [5, 5.41) is 3.42. The fourth-order valence-corrected chi connectivity index (χ4v) is 4.95. The van der Waals surface area contributed by atoms with Crippen molar-refractivity contribution >= 4 is 34.2 Å². The van der Waals surface area contributed by atoms with Gasteiger partial charge in [-0.2, -0.15) is 0 Å². The van der Waals surface area contributed by atoms with E-state index in [9.17, 15) is 14.4 Å². The zero-order valence-electron chi connectivity index (χ0n) is 15.7. The first-order valence-electron chi connectivity index (χ1n) is 9.35. The summed E-state index contributed by atoms with van der Waals surface area (Å²) in [7, 11) is 1.45. The number of amides is 3. The molecule has 29 heavy (non-hydrogen) atoms. The SMILES string of the molecule is CN1C(=O)c2cccc(CC(=O)Nc3nc4c(s3)CCc3ccccc3-4)c2C1=O. The van der Waals surface area contributed by atoms with Gasteiger partial charge < -0.3 is 5.32 Å². The van der Waals surface area contributed by atoms with Gasteiger partial charge in [-0.1, -0.05) is 36.4 Å². The fraction of sp³-hybridized carbons (Fsp3) is 0.182. The van der Waals surface area contributed by atoms with Crippen LogP contribution < -0.4 is 5.32 Å². The maximum atomic E-state index is 12.7. The summed E-state index contributed by atoms with van der Waals surface area (Å²) >= 11 is 1.49. The number of rotatable bonds is 3. The third-order valence-corrected chi connectivity index (χ3v) is 6.42. The molecule has 5 rings (SSSR count). The van der Waals surface area contributed by atoms with Gasteiger partial charge in [-0.3, -0.25) is 19.3 Å². The molecular formula is C22H17N3O3S. The van der Waals surface area contributed by atoms with Crippen molar-refractivity contribution in [3.05, 3.63) is 69.6 Å². The third kappa shape index (κ3) is 2.86. The fourth-order valence-electron chi connectivity index (χ4n) is 3.96. The van der Waals surface area contributed by atoms with Crippen molar-refractivity contribution < 1.29 is 14.4 Å². The zero-order valence-corrected chi connectivity index (χ0v) is 16.5. The Kier molecular flexibility index (Phi) is 4.06. The lowest BCUT2D eigenvalue weighted by Gasteiger charge is -2.13. The van der Waals surface area contributed by atoms with Crippen LogP contribution in [0, 0.1) is 0 Å². The molecule has 0 atom stereocenters. The van der Waals surface area contributed by atoms with E-state index in [2.05, 4.69) is 22.4 Å². The normalized spacial score (nSPS) is 14.4. The van der Waals surface area contributed by atoms with E-state index in [0.717, 1.165) is 29.0 Å². The smallest absolute Gasteiger partial charge is 0.261 e. The Balaban J connectivity index is 1.38. The Hall–Kier alpha value is -3.32. The van der Waals surface area contributed by atoms with E-state index >= 15 is 0 Å². The molecule has 0 spiro atoms. The van der Waals surface area contributed by atoms with Crippen molar-refractivity contribution in [1.29, 1.82) is 0 Å². The van der Waals surface area contributed by atoms with Crippen molar-refractivity contribution in [1.82, 2.24) is 9.88 Å². The summed E-state index contributed by atoms with van der Waals surface area (Å²) in [5.41, 5.74) is 4.56. The number of hydrogen-bond donors (Lipinski definition) is 1. The third-order valence-electron chi connectivity index (χ3n) is 5.39. The molecule has 2 aliphatic rings. The number of carbonyl (C=O) groups is 3. The number of nitrogens with one attached hydrogen (secondary N) is 1. The van der Waals surface area contributed by atoms with Gasteiger partial charge in [-0.05, 0) is 30.0 Å². The highest BCUT2D eigenvalue weighted by molar-refractivity contribution is 7.16. The second-order valence-corrected chi connectivity index (χ2v) is 8.27. The van der Waals surface area contributed by atoms with Gasteiger partial charge in [0, 0.05) is 17.5 Å². The minimum atomic E-state index is -0.366. The van der Waals surface area contributed by atoms with E-state index in [1.165, 1.54) is 28.8 Å². The van der Waals surface area contributed by atoms with Gasteiger partial charge in [0.1, 0.15) is 0 Å². The molecule has 6 nitrogen and oxygen atoms in total. The molecule has 144 valence electrons. The minimum absolute atomic E-state index is 0.0108. The van der Waals surface area contributed by atoms with Crippen LogP contribution in [0.1, 0.15) is 36.7 Å². The lowest BCUT2D eigenvalue weighted by Crippen LogP contribution is -2.24. The van der Waals surface area contributed by atoms with Gasteiger partial charge in [-0.25, -0.2) is 4.98 Å². The summed E-state index contributed by atoms with van der Waals surface area (Å²) in [4.78, 5) is 44.1. The van der Waals surface area contributed by atoms with Gasteiger partial charge in [0.25, 0.3) is 11.8 Å². The molecule has 1 N–H and O–H groups in total. The molecule has 2 heterocycles. The Bertz CT molecular complexity index is 1200. The standard InChI is InChI=1S/C22H17N3O3S/c1-25-20(27)15-8-4-6-13(18(15)21(25)28)11-17(26)23-22-24-19-14-7-3-2-5-12(14)9-10-16(19)29-22/h2-8H,9-11H2,1H3,(H,23,24,26). The van der Waals surface area contributed by atoms with E-state index in [1.54, 1.807) is 18.2 Å². The van der Waals surface area contributed by atoms with Crippen LogP contribution in [-0.2, 0) is 24.1 Å². The highest BCUT2D eigenvalue weighted by atomic mass is 32.1. The van der Waals surface area contributed by atoms with E-state index in [-0.39, 0.29) is 24.1 Å². The van der Waals surface area contributed by atoms with Crippen LogP contribution >= 0.6 is 11.3 Å². The first-order valence-corrected chi connectivity index (χ1v) is 10.2. The Morgan fingerprint density at radius 3 is 2.72 bits per heavy atom. The van der Waals surface area contributed by atoms with Crippen LogP contribution in [-0.4, -0.2) is 34.7 Å². The van der Waals surface area contributed by atoms with Gasteiger partial charge in [-0.15, -0.1) is 11.3 Å². The lowest BCUT2D eigenvalue weighted by molar-refractivity contribution is -0.115. The van der Waals surface area contributed by atoms with E-state index in [0.29, 0.717) is 21.8 Å². The Labute approximate surface area is 171 Å². The number of hydrogen-bond acceptors (Lipinski definition) is 5. The second kappa shape index (κ2) is 6.63. The highest BCUT2D eigenvalue weighted by Gasteiger charge is 2.35. The van der Waals surface area contributed by atoms with Crippen LogP contribution in [0.25, 0.3) is 11.3 Å². The maximum Gasteiger partial charge on any atom is 0.261 e. The monoisotopic (exact) mass is 403 g/mol. The van der Waals surface area contributed by atoms with Crippen LogP contribution in [0.15, 0.2) is 42.5 Å². The van der Waals surface area contributed by atoms with Crippen LogP contribution in [0.4, 0.5) is 5.13 Å². The van der Waals surface area contributed by atoms with Crippen molar-refractivity contribution in [2.75, 3.05) is 12.4 Å². The number of carbonyl (C=O) groups excluding carboxylic acids is 3. The predicted molar refractivity (Wildman–Crippen MR) is 110 cm³/mol. The highest BCUT2D eigenvalue weighted by Crippen LogP contribution is 2.38. The molecule has 2 aromatic carbocycles. The topological polar surface area (TPSA) is 79.4 Å². The van der Waals surface area contributed by atoms with Crippen molar-refractivity contribution in [3.8, 4) is 11.3 Å². The van der Waals surface area contributed by atoms with E-state index in [4.69, 9.17) is 0 Å². The molecule has 0 saturated heterocycles. The molecule has 3 aromatic rings. The quantitative estimate of drug-likeness (QED) is 0.681. The van der Waals surface area contributed by atoms with Crippen LogP contribution in [0.5, 0.6) is 0 Å². The molecule has 1 aliphatic carbocycles. The number of aryl methyl sites for hydroxylation is 2. The summed E-state index contributed by atoms with van der Waals surface area (Å²) in [5.74, 6) is -0.958. The van der Waals surface area contributed by atoms with E-state index < -0.39 is 0 Å². The molecule has 3 amide bonds. The lowest BCUT2D eigenvalue weighted by atomic mass is 9.94. The first kappa shape index (κ1) is 17.8.